The van der Waals surface area contributed by atoms with Gasteiger partial charge in [0.25, 0.3) is 0 Å². The number of hydrogen-bond acceptors (Lipinski definition) is 3. The van der Waals surface area contributed by atoms with Crippen LogP contribution in [0.25, 0.3) is 0 Å². The lowest BCUT2D eigenvalue weighted by Crippen LogP contribution is -2.58. The summed E-state index contributed by atoms with van der Waals surface area (Å²) in [5.41, 5.74) is 0. The molecule has 3 nitrogen and oxygen atoms in total. The number of nitrogens with zero attached hydrogens (tertiary/aromatic N) is 2. The number of alkyl halides is 3. The maximum Gasteiger partial charge on any atom is 0.405 e. The Bertz CT molecular complexity index is 239. The number of piperazine rings is 1. The van der Waals surface area contributed by atoms with Crippen molar-refractivity contribution in [3.8, 4) is 0 Å². The fraction of sp³-hybridized carbons (Fsp3) is 1.00. The van der Waals surface area contributed by atoms with Gasteiger partial charge in [-0.25, -0.2) is 0 Å². The molecule has 6 heteroatoms. The highest BCUT2D eigenvalue weighted by Gasteiger charge is 2.44. The molecular weight excluding hydrogens is 231 g/mol. The zero-order valence-corrected chi connectivity index (χ0v) is 9.97. The summed E-state index contributed by atoms with van der Waals surface area (Å²) in [6, 6.07) is -1.31. The highest BCUT2D eigenvalue weighted by Crippen LogP contribution is 2.25. The van der Waals surface area contributed by atoms with Crippen molar-refractivity contribution in [1.82, 2.24) is 15.1 Å². The molecule has 2 aliphatic rings. The third kappa shape index (κ3) is 3.56. The zero-order chi connectivity index (χ0) is 12.3. The minimum Gasteiger partial charge on any atom is -0.314 e. The molecule has 1 atom stereocenters. The second kappa shape index (κ2) is 5.54. The molecular formula is C11H20F3N3. The Kier molecular flexibility index (Phi) is 4.27. The summed E-state index contributed by atoms with van der Waals surface area (Å²) in [5.74, 6) is 0. The zero-order valence-electron chi connectivity index (χ0n) is 9.97. The maximum atomic E-state index is 12.8. The van der Waals surface area contributed by atoms with Crippen LogP contribution in [0.5, 0.6) is 0 Å². The summed E-state index contributed by atoms with van der Waals surface area (Å²) in [6.45, 7) is 4.58. The first-order valence-corrected chi connectivity index (χ1v) is 6.31. The maximum absolute atomic E-state index is 12.8. The number of halogens is 3. The van der Waals surface area contributed by atoms with Crippen LogP contribution in [0.2, 0.25) is 0 Å². The Labute approximate surface area is 99.9 Å². The average molecular weight is 251 g/mol. The van der Waals surface area contributed by atoms with Gasteiger partial charge < -0.3 is 10.2 Å². The Morgan fingerprint density at radius 2 is 1.76 bits per heavy atom. The van der Waals surface area contributed by atoms with Gasteiger partial charge in [0, 0.05) is 32.7 Å². The molecule has 1 N–H and O–H groups in total. The van der Waals surface area contributed by atoms with E-state index in [1.54, 1.807) is 4.90 Å². The van der Waals surface area contributed by atoms with E-state index < -0.39 is 12.2 Å². The monoisotopic (exact) mass is 251 g/mol. The highest BCUT2D eigenvalue weighted by atomic mass is 19.4. The lowest BCUT2D eigenvalue weighted by Gasteiger charge is -2.37. The van der Waals surface area contributed by atoms with E-state index in [0.29, 0.717) is 19.6 Å². The fourth-order valence-electron chi connectivity index (χ4n) is 2.61. The molecule has 0 aromatic carbocycles. The molecule has 2 aliphatic heterocycles. The summed E-state index contributed by atoms with van der Waals surface area (Å²) < 4.78 is 38.4. The second-order valence-corrected chi connectivity index (χ2v) is 4.85. The van der Waals surface area contributed by atoms with Gasteiger partial charge >= 0.3 is 6.18 Å². The molecule has 100 valence electrons. The minimum absolute atomic E-state index is 0.0312. The normalized spacial score (nSPS) is 28.8. The number of rotatable bonds is 3. The van der Waals surface area contributed by atoms with Crippen molar-refractivity contribution in [2.45, 2.75) is 25.1 Å². The Balaban J connectivity index is 1.83. The van der Waals surface area contributed by atoms with Gasteiger partial charge in [-0.05, 0) is 25.9 Å². The predicted molar refractivity (Wildman–Crippen MR) is 60.0 cm³/mol. The van der Waals surface area contributed by atoms with Gasteiger partial charge in [0.05, 0.1) is 0 Å². The minimum atomic E-state index is -4.11. The van der Waals surface area contributed by atoms with Gasteiger partial charge in [0.15, 0.2) is 0 Å². The molecule has 0 radical (unpaired) electrons. The Hall–Kier alpha value is -0.330. The van der Waals surface area contributed by atoms with Crippen LogP contribution < -0.4 is 5.32 Å². The molecule has 0 aromatic heterocycles. The summed E-state index contributed by atoms with van der Waals surface area (Å²) in [6.07, 6.45) is -1.74. The molecule has 2 heterocycles. The Morgan fingerprint density at radius 3 is 2.41 bits per heavy atom. The molecule has 2 fully saturated rings. The van der Waals surface area contributed by atoms with Gasteiger partial charge in [-0.1, -0.05) is 0 Å². The molecule has 0 amide bonds. The summed E-state index contributed by atoms with van der Waals surface area (Å²) >= 11 is 0. The molecule has 0 aliphatic carbocycles. The standard InChI is InChI=1S/C11H20F3N3/c12-11(13,14)10-9-15-3-6-17(10)8-7-16-4-1-2-5-16/h10,15H,1-9H2. The third-order valence-corrected chi connectivity index (χ3v) is 3.63. The summed E-state index contributed by atoms with van der Waals surface area (Å²) in [5, 5.41) is 2.82. The predicted octanol–water partition coefficient (Wildman–Crippen LogP) is 0.918. The van der Waals surface area contributed by atoms with Gasteiger partial charge in [0.1, 0.15) is 6.04 Å². The lowest BCUT2D eigenvalue weighted by atomic mass is 10.2. The SMILES string of the molecule is FC(F)(F)C1CNCCN1CCN1CCCC1. The van der Waals surface area contributed by atoms with E-state index >= 15 is 0 Å². The number of hydrogen-bond donors (Lipinski definition) is 1. The molecule has 0 aromatic rings. The summed E-state index contributed by atoms with van der Waals surface area (Å²) in [4.78, 5) is 3.84. The topological polar surface area (TPSA) is 18.5 Å². The molecule has 1 unspecified atom stereocenters. The van der Waals surface area contributed by atoms with Crippen LogP contribution >= 0.6 is 0 Å². The van der Waals surface area contributed by atoms with E-state index in [9.17, 15) is 13.2 Å². The first-order valence-electron chi connectivity index (χ1n) is 6.31. The molecule has 2 rings (SSSR count). The third-order valence-electron chi connectivity index (χ3n) is 3.63. The molecule has 2 saturated heterocycles. The van der Waals surface area contributed by atoms with Crippen molar-refractivity contribution in [3.05, 3.63) is 0 Å². The fourth-order valence-corrected chi connectivity index (χ4v) is 2.61. The smallest absolute Gasteiger partial charge is 0.314 e. The van der Waals surface area contributed by atoms with E-state index in [1.807, 2.05) is 0 Å². The number of likely N-dealkylation sites (tertiary alicyclic amines) is 1. The molecule has 17 heavy (non-hydrogen) atoms. The van der Waals surface area contributed by atoms with E-state index in [4.69, 9.17) is 0 Å². The van der Waals surface area contributed by atoms with Crippen LogP contribution in [-0.2, 0) is 0 Å². The van der Waals surface area contributed by atoms with Crippen LogP contribution in [0.1, 0.15) is 12.8 Å². The van der Waals surface area contributed by atoms with Crippen LogP contribution in [0.3, 0.4) is 0 Å². The van der Waals surface area contributed by atoms with Crippen molar-refractivity contribution in [2.24, 2.45) is 0 Å². The van der Waals surface area contributed by atoms with E-state index in [2.05, 4.69) is 10.2 Å². The van der Waals surface area contributed by atoms with Crippen LogP contribution in [0, 0.1) is 0 Å². The van der Waals surface area contributed by atoms with Crippen molar-refractivity contribution >= 4 is 0 Å². The van der Waals surface area contributed by atoms with Gasteiger partial charge in [-0.2, -0.15) is 13.2 Å². The average Bonchev–Trinajstić information content (AvgIpc) is 2.78. The van der Waals surface area contributed by atoms with Gasteiger partial charge in [-0.15, -0.1) is 0 Å². The lowest BCUT2D eigenvalue weighted by molar-refractivity contribution is -0.187. The van der Waals surface area contributed by atoms with Gasteiger partial charge in [-0.3, -0.25) is 4.90 Å². The van der Waals surface area contributed by atoms with Crippen LogP contribution in [0.4, 0.5) is 13.2 Å². The van der Waals surface area contributed by atoms with E-state index in [1.165, 1.54) is 12.8 Å². The largest absolute Gasteiger partial charge is 0.405 e. The van der Waals surface area contributed by atoms with Crippen molar-refractivity contribution in [1.29, 1.82) is 0 Å². The first kappa shape index (κ1) is 13.1. The highest BCUT2D eigenvalue weighted by molar-refractivity contribution is 4.86. The molecule has 0 spiro atoms. The van der Waals surface area contributed by atoms with Crippen molar-refractivity contribution < 1.29 is 13.2 Å². The van der Waals surface area contributed by atoms with Crippen LogP contribution in [-0.4, -0.2) is 67.8 Å². The molecule has 0 bridgehead atoms. The Morgan fingerprint density at radius 1 is 1.06 bits per heavy atom. The second-order valence-electron chi connectivity index (χ2n) is 4.85. The quantitative estimate of drug-likeness (QED) is 0.804. The summed E-state index contributed by atoms with van der Waals surface area (Å²) in [7, 11) is 0. The van der Waals surface area contributed by atoms with Crippen molar-refractivity contribution in [2.75, 3.05) is 45.8 Å². The van der Waals surface area contributed by atoms with Crippen molar-refractivity contribution in [3.63, 3.8) is 0 Å². The van der Waals surface area contributed by atoms with E-state index in [-0.39, 0.29) is 6.54 Å². The number of nitrogens with one attached hydrogen (secondary N) is 1. The molecule has 0 saturated carbocycles. The van der Waals surface area contributed by atoms with Crippen LogP contribution in [0.15, 0.2) is 0 Å². The first-order chi connectivity index (χ1) is 8.07. The van der Waals surface area contributed by atoms with Gasteiger partial charge in [0.2, 0.25) is 0 Å². The van der Waals surface area contributed by atoms with E-state index in [0.717, 1.165) is 19.6 Å².